The number of imide groups is 1. The minimum atomic E-state index is -1.44. The van der Waals surface area contributed by atoms with Gasteiger partial charge in [-0.05, 0) is 36.3 Å². The van der Waals surface area contributed by atoms with Crippen molar-refractivity contribution in [3.8, 4) is 11.7 Å². The number of hydrogen-bond acceptors (Lipinski definition) is 12. The molecular formula is C28H28N10O8S2. The molecule has 2 saturated heterocycles. The van der Waals surface area contributed by atoms with Gasteiger partial charge in [0.05, 0.1) is 0 Å². The van der Waals surface area contributed by atoms with Gasteiger partial charge in [-0.25, -0.2) is 19.4 Å². The van der Waals surface area contributed by atoms with E-state index in [0.717, 1.165) is 4.90 Å². The Hall–Kier alpha value is -5.37. The van der Waals surface area contributed by atoms with Crippen molar-refractivity contribution in [3.05, 3.63) is 59.6 Å². The second kappa shape index (κ2) is 13.4. The second-order valence-electron chi connectivity index (χ2n) is 10.6. The van der Waals surface area contributed by atoms with E-state index >= 15 is 0 Å². The molecule has 2 unspecified atom stereocenters. The Morgan fingerprint density at radius 1 is 1.15 bits per heavy atom. The number of carboxylic acids is 1. The number of phenolic OH excluding ortho intramolecular Hbond substituents is 1. The number of aromatic nitrogens is 5. The molecule has 0 spiro atoms. The number of β-lactam (4-membered cyclic amide) rings is 1. The molecule has 3 atom stereocenters. The van der Waals surface area contributed by atoms with Gasteiger partial charge in [0.2, 0.25) is 17.0 Å². The number of likely N-dealkylation sites (N-methyl/N-ethyl adjacent to an activating group) is 1. The summed E-state index contributed by atoms with van der Waals surface area (Å²) in [6, 6.07) is 3.53. The van der Waals surface area contributed by atoms with Crippen LogP contribution >= 0.6 is 23.5 Å². The van der Waals surface area contributed by atoms with E-state index in [9.17, 15) is 39.0 Å². The first-order valence-electron chi connectivity index (χ1n) is 14.5. The summed E-state index contributed by atoms with van der Waals surface area (Å²) in [5.41, 5.74) is 0.494. The molecule has 6 amide bonds. The highest BCUT2D eigenvalue weighted by Gasteiger charge is 2.54. The summed E-state index contributed by atoms with van der Waals surface area (Å²) in [6.07, 6.45) is 3.26. The lowest BCUT2D eigenvalue weighted by Gasteiger charge is -2.49. The number of aliphatic carboxylic acids is 1. The summed E-state index contributed by atoms with van der Waals surface area (Å²) in [6.45, 7) is 2.03. The molecule has 0 aliphatic carbocycles. The molecule has 48 heavy (non-hydrogen) atoms. The van der Waals surface area contributed by atoms with Crippen LogP contribution in [0.25, 0.3) is 5.95 Å². The molecule has 6 rings (SSSR count). The number of carbonyl (C=O) groups excluding carboxylic acids is 5. The van der Waals surface area contributed by atoms with Gasteiger partial charge in [-0.2, -0.15) is 10.1 Å². The molecule has 20 heteroatoms. The average Bonchev–Trinajstić information content (AvgIpc) is 3.79. The number of amides is 6. The molecule has 250 valence electrons. The summed E-state index contributed by atoms with van der Waals surface area (Å²) in [4.78, 5) is 84.9. The number of thioether (sulfide) groups is 2. The van der Waals surface area contributed by atoms with Gasteiger partial charge in [0.25, 0.3) is 5.91 Å². The van der Waals surface area contributed by atoms with Gasteiger partial charge in [0, 0.05) is 43.5 Å². The molecule has 3 aromatic rings. The van der Waals surface area contributed by atoms with Crippen LogP contribution in [-0.2, 0) is 24.0 Å². The number of phenols is 1. The molecule has 5 heterocycles. The minimum Gasteiger partial charge on any atom is -0.508 e. The van der Waals surface area contributed by atoms with Crippen LogP contribution in [0.15, 0.2) is 59.2 Å². The summed E-state index contributed by atoms with van der Waals surface area (Å²) >= 11 is 2.44. The van der Waals surface area contributed by atoms with Crippen molar-refractivity contribution >= 4 is 59.2 Å². The van der Waals surface area contributed by atoms with Crippen LogP contribution in [0.1, 0.15) is 18.5 Å². The number of carboxylic acid groups (broad SMARTS) is 1. The predicted octanol–water partition coefficient (Wildman–Crippen LogP) is -0.332. The summed E-state index contributed by atoms with van der Waals surface area (Å²) in [7, 11) is 0. The van der Waals surface area contributed by atoms with E-state index in [1.54, 1.807) is 25.4 Å². The number of carbonyl (C=O) groups is 6. The van der Waals surface area contributed by atoms with Crippen molar-refractivity contribution in [2.45, 2.75) is 29.5 Å². The number of aromatic hydroxyl groups is 1. The largest absolute Gasteiger partial charge is 0.508 e. The molecule has 0 saturated carbocycles. The minimum absolute atomic E-state index is 0.0877. The zero-order valence-corrected chi connectivity index (χ0v) is 26.7. The Bertz CT molecular complexity index is 1810. The maximum absolute atomic E-state index is 13.6. The zero-order chi connectivity index (χ0) is 34.1. The maximum atomic E-state index is 13.6. The van der Waals surface area contributed by atoms with Gasteiger partial charge < -0.3 is 25.7 Å². The quantitative estimate of drug-likeness (QED) is 0.104. The fraction of sp³-hybridized carbons (Fsp3) is 0.321. The smallest absolute Gasteiger partial charge is 0.352 e. The number of urea groups is 1. The highest BCUT2D eigenvalue weighted by molar-refractivity contribution is 8.01. The van der Waals surface area contributed by atoms with E-state index in [0.29, 0.717) is 21.6 Å². The van der Waals surface area contributed by atoms with E-state index in [1.165, 1.54) is 57.4 Å². The van der Waals surface area contributed by atoms with E-state index in [4.69, 9.17) is 0 Å². The first-order valence-corrected chi connectivity index (χ1v) is 16.6. The first kappa shape index (κ1) is 32.6. The van der Waals surface area contributed by atoms with Crippen molar-refractivity contribution in [1.82, 2.24) is 50.3 Å². The van der Waals surface area contributed by atoms with Crippen molar-refractivity contribution in [2.24, 2.45) is 0 Å². The summed E-state index contributed by atoms with van der Waals surface area (Å²) < 4.78 is 1.49. The van der Waals surface area contributed by atoms with Gasteiger partial charge in [-0.1, -0.05) is 23.9 Å². The van der Waals surface area contributed by atoms with Gasteiger partial charge >= 0.3 is 23.8 Å². The number of hydrogen-bond donors (Lipinski definition) is 5. The third kappa shape index (κ3) is 6.18. The number of benzene rings is 1. The second-order valence-corrected chi connectivity index (χ2v) is 12.7. The van der Waals surface area contributed by atoms with Gasteiger partial charge in [0.15, 0.2) is 0 Å². The van der Waals surface area contributed by atoms with E-state index in [-0.39, 0.29) is 48.1 Å². The van der Waals surface area contributed by atoms with Crippen LogP contribution < -0.4 is 10.6 Å². The van der Waals surface area contributed by atoms with E-state index in [2.05, 4.69) is 30.9 Å². The molecule has 18 nitrogen and oxygen atoms in total. The molecule has 2 fully saturated rings. The standard InChI is InChI=1S/C28H28N10O8S2/c1-2-35-10-11-36(23(43)22(35)42)28(46)31-17(14-4-6-16(39)7-5-14)20(40)30-18-21(41)38-19(25(44)45)15(12-47-24(18)38)13-48-27-32-26(33-34-27)37-9-3-8-29-37/h3-9,17-18,24,39H,2,10-13H2,1H3,(H,30,40)(H,31,46)(H,44,45)(H,32,33,34)/t17?,18?,24-/m0/s1. The number of piperazine rings is 1. The lowest BCUT2D eigenvalue weighted by atomic mass is 10.0. The van der Waals surface area contributed by atoms with E-state index in [1.807, 2.05) is 0 Å². The molecule has 1 aromatic carbocycles. The van der Waals surface area contributed by atoms with Gasteiger partial charge in [-0.15, -0.1) is 16.9 Å². The summed E-state index contributed by atoms with van der Waals surface area (Å²) in [5, 5.41) is 35.5. The SMILES string of the molecule is CCN1CCN(C(=O)NC(C(=O)NC2C(=O)N3C(C(=O)O)=C(CSc4n[nH]c(-n5cccn5)n4)CS[C@@H]23)c2ccc(O)cc2)C(=O)C1=O. The lowest BCUT2D eigenvalue weighted by Crippen LogP contribution is -2.71. The predicted molar refractivity (Wildman–Crippen MR) is 167 cm³/mol. The van der Waals surface area contributed by atoms with Crippen LogP contribution in [0, 0.1) is 0 Å². The fourth-order valence-corrected chi connectivity index (χ4v) is 7.60. The number of fused-ring (bicyclic) bond motifs is 1. The van der Waals surface area contributed by atoms with Crippen molar-refractivity contribution in [1.29, 1.82) is 0 Å². The molecule has 0 bridgehead atoms. The van der Waals surface area contributed by atoms with Crippen LogP contribution in [0.4, 0.5) is 4.79 Å². The van der Waals surface area contributed by atoms with Gasteiger partial charge in [0.1, 0.15) is 28.9 Å². The maximum Gasteiger partial charge on any atom is 0.352 e. The Morgan fingerprint density at radius 2 is 1.92 bits per heavy atom. The monoisotopic (exact) mass is 696 g/mol. The molecule has 5 N–H and O–H groups in total. The molecule has 2 aromatic heterocycles. The number of aromatic amines is 1. The van der Waals surface area contributed by atoms with Crippen molar-refractivity contribution in [2.75, 3.05) is 31.1 Å². The normalized spacial score (nSPS) is 19.9. The summed E-state index contributed by atoms with van der Waals surface area (Å²) in [5.74, 6) is -3.98. The number of nitrogens with one attached hydrogen (secondary N) is 3. The topological polar surface area (TPSA) is 236 Å². The Kier molecular flexibility index (Phi) is 9.09. The Balaban J connectivity index is 1.15. The van der Waals surface area contributed by atoms with Crippen LogP contribution in [0.3, 0.4) is 0 Å². The number of rotatable bonds is 10. The highest BCUT2D eigenvalue weighted by Crippen LogP contribution is 2.41. The zero-order valence-electron chi connectivity index (χ0n) is 25.1. The fourth-order valence-electron chi connectivity index (χ4n) is 5.32. The van der Waals surface area contributed by atoms with Crippen molar-refractivity contribution in [3.63, 3.8) is 0 Å². The van der Waals surface area contributed by atoms with Crippen LogP contribution in [0.5, 0.6) is 5.75 Å². The number of H-pyrrole nitrogens is 1. The van der Waals surface area contributed by atoms with Gasteiger partial charge in [-0.3, -0.25) is 29.0 Å². The lowest BCUT2D eigenvalue weighted by molar-refractivity contribution is -0.153. The Labute approximate surface area is 279 Å². The highest BCUT2D eigenvalue weighted by atomic mass is 32.2. The third-order valence-corrected chi connectivity index (χ3v) is 10.1. The Morgan fingerprint density at radius 3 is 2.60 bits per heavy atom. The molecular weight excluding hydrogens is 669 g/mol. The van der Waals surface area contributed by atoms with Crippen LogP contribution in [-0.4, -0.2) is 128 Å². The molecule has 3 aliphatic heterocycles. The van der Waals surface area contributed by atoms with Crippen molar-refractivity contribution < 1.29 is 39.0 Å². The van der Waals surface area contributed by atoms with E-state index < -0.39 is 53.1 Å². The number of nitrogens with zero attached hydrogens (tertiary/aromatic N) is 7. The molecule has 0 radical (unpaired) electrons. The molecule has 3 aliphatic rings. The third-order valence-electron chi connectivity index (χ3n) is 7.79. The first-order chi connectivity index (χ1) is 23.1. The average molecular weight is 697 g/mol. The van der Waals surface area contributed by atoms with Crippen LogP contribution in [0.2, 0.25) is 0 Å².